The summed E-state index contributed by atoms with van der Waals surface area (Å²) in [5, 5.41) is 17.8. The van der Waals surface area contributed by atoms with Crippen LogP contribution in [0.2, 0.25) is 0 Å². The van der Waals surface area contributed by atoms with Gasteiger partial charge in [-0.25, -0.2) is 0 Å². The number of hydrogen-bond acceptors (Lipinski definition) is 4. The molecular weight excluding hydrogens is 214 g/mol. The van der Waals surface area contributed by atoms with Crippen LogP contribution in [0, 0.1) is 0 Å². The third-order valence-corrected chi connectivity index (χ3v) is 3.65. The molecule has 0 radical (unpaired) electrons. The largest absolute Gasteiger partial charge is 0.480 e. The van der Waals surface area contributed by atoms with Crippen LogP contribution >= 0.6 is 11.8 Å². The van der Waals surface area contributed by atoms with Crippen LogP contribution in [0.4, 0.5) is 0 Å². The van der Waals surface area contributed by atoms with Gasteiger partial charge in [-0.1, -0.05) is 19.8 Å². The molecule has 0 fully saturated rings. The Hall–Kier alpha value is -0.260. The summed E-state index contributed by atoms with van der Waals surface area (Å²) in [5.41, 5.74) is 5.41. The molecule has 90 valence electrons. The molecule has 0 bridgehead atoms. The number of unbranched alkanes of at least 4 members (excludes halogenated alkanes) is 1. The molecule has 0 spiro atoms. The van der Waals surface area contributed by atoms with Crippen molar-refractivity contribution in [2.24, 2.45) is 5.73 Å². The van der Waals surface area contributed by atoms with Crippen molar-refractivity contribution in [1.29, 1.82) is 0 Å². The van der Waals surface area contributed by atoms with Crippen LogP contribution in [0.1, 0.15) is 32.6 Å². The highest BCUT2D eigenvalue weighted by Gasteiger charge is 2.15. The van der Waals surface area contributed by atoms with Crippen LogP contribution in [0.25, 0.3) is 0 Å². The van der Waals surface area contributed by atoms with E-state index in [1.54, 1.807) is 11.8 Å². The minimum absolute atomic E-state index is 0.156. The molecule has 0 aliphatic rings. The number of carboxylic acids is 1. The molecule has 0 aliphatic carbocycles. The van der Waals surface area contributed by atoms with Gasteiger partial charge < -0.3 is 15.9 Å². The molecule has 4 nitrogen and oxygen atoms in total. The van der Waals surface area contributed by atoms with Crippen molar-refractivity contribution in [1.82, 2.24) is 0 Å². The molecule has 0 heterocycles. The van der Waals surface area contributed by atoms with Gasteiger partial charge in [0, 0.05) is 17.6 Å². The van der Waals surface area contributed by atoms with E-state index in [0.29, 0.717) is 11.0 Å². The van der Waals surface area contributed by atoms with E-state index >= 15 is 0 Å². The number of carbonyl (C=O) groups is 1. The zero-order chi connectivity index (χ0) is 11.7. The topological polar surface area (TPSA) is 83.5 Å². The van der Waals surface area contributed by atoms with Crippen molar-refractivity contribution in [3.63, 3.8) is 0 Å². The van der Waals surface area contributed by atoms with Gasteiger partial charge in [0.25, 0.3) is 0 Å². The second kappa shape index (κ2) is 9.00. The number of thioether (sulfide) groups is 1. The average Bonchev–Trinajstić information content (AvgIpc) is 2.21. The molecule has 2 atom stereocenters. The zero-order valence-electron chi connectivity index (χ0n) is 9.19. The first-order valence-corrected chi connectivity index (χ1v) is 6.37. The van der Waals surface area contributed by atoms with E-state index < -0.39 is 12.0 Å². The van der Waals surface area contributed by atoms with E-state index in [2.05, 4.69) is 6.92 Å². The van der Waals surface area contributed by atoms with E-state index in [1.807, 2.05) is 0 Å². The summed E-state index contributed by atoms with van der Waals surface area (Å²) in [6.07, 6.45) is 3.97. The summed E-state index contributed by atoms with van der Waals surface area (Å²) >= 11 is 1.56. The van der Waals surface area contributed by atoms with Crippen LogP contribution in [-0.2, 0) is 4.79 Å². The number of aliphatic hydroxyl groups excluding tert-OH is 1. The van der Waals surface area contributed by atoms with E-state index in [9.17, 15) is 4.79 Å². The third kappa shape index (κ3) is 7.64. The molecule has 0 aromatic heterocycles. The van der Waals surface area contributed by atoms with Gasteiger partial charge in [0.05, 0.1) is 0 Å². The van der Waals surface area contributed by atoms with E-state index in [4.69, 9.17) is 15.9 Å². The van der Waals surface area contributed by atoms with Crippen molar-refractivity contribution < 1.29 is 15.0 Å². The quantitative estimate of drug-likeness (QED) is 0.557. The number of nitrogens with two attached hydrogens (primary N) is 1. The standard InChI is InChI=1S/C10H21NO3S/c1-2-3-4-8(5-6-12)15-7-9(11)10(13)14/h8-9,12H,2-7,11H2,1H3,(H,13,14)/t8?,9-/m0/s1. The molecule has 0 saturated heterocycles. The fourth-order valence-electron chi connectivity index (χ4n) is 1.20. The van der Waals surface area contributed by atoms with E-state index in [0.717, 1.165) is 25.7 Å². The third-order valence-electron chi connectivity index (χ3n) is 2.16. The first-order chi connectivity index (χ1) is 7.11. The van der Waals surface area contributed by atoms with Crippen LogP contribution in [0.3, 0.4) is 0 Å². The van der Waals surface area contributed by atoms with Gasteiger partial charge >= 0.3 is 5.97 Å². The maximum Gasteiger partial charge on any atom is 0.321 e. The van der Waals surface area contributed by atoms with E-state index in [1.165, 1.54) is 0 Å². The van der Waals surface area contributed by atoms with Crippen molar-refractivity contribution in [2.75, 3.05) is 12.4 Å². The Kier molecular flexibility index (Phi) is 8.85. The summed E-state index contributed by atoms with van der Waals surface area (Å²) < 4.78 is 0. The van der Waals surface area contributed by atoms with Gasteiger partial charge in [0.15, 0.2) is 0 Å². The van der Waals surface area contributed by atoms with Gasteiger partial charge in [-0.05, 0) is 12.8 Å². The Morgan fingerprint density at radius 2 is 2.13 bits per heavy atom. The lowest BCUT2D eigenvalue weighted by Gasteiger charge is -2.16. The summed E-state index contributed by atoms with van der Waals surface area (Å²) in [4.78, 5) is 10.5. The van der Waals surface area contributed by atoms with Gasteiger partial charge in [-0.15, -0.1) is 0 Å². The monoisotopic (exact) mass is 235 g/mol. The Morgan fingerprint density at radius 1 is 1.47 bits per heavy atom. The van der Waals surface area contributed by atoms with Gasteiger partial charge in [-0.2, -0.15) is 11.8 Å². The molecule has 1 unspecified atom stereocenters. The molecule has 4 N–H and O–H groups in total. The molecule has 5 heteroatoms. The highest BCUT2D eigenvalue weighted by molar-refractivity contribution is 7.99. The molecule has 0 rings (SSSR count). The normalized spacial score (nSPS) is 14.9. The molecule has 0 aliphatic heterocycles. The van der Waals surface area contributed by atoms with Crippen LogP contribution in [0.15, 0.2) is 0 Å². The zero-order valence-corrected chi connectivity index (χ0v) is 10.0. The highest BCUT2D eigenvalue weighted by atomic mass is 32.2. The predicted octanol–water partition coefficient (Wildman–Crippen LogP) is 1.07. The van der Waals surface area contributed by atoms with Crippen LogP contribution < -0.4 is 5.73 Å². The second-order valence-electron chi connectivity index (χ2n) is 3.55. The lowest BCUT2D eigenvalue weighted by atomic mass is 10.1. The van der Waals surface area contributed by atoms with Crippen molar-refractivity contribution in [3.05, 3.63) is 0 Å². The minimum Gasteiger partial charge on any atom is -0.480 e. The lowest BCUT2D eigenvalue weighted by molar-refractivity contribution is -0.137. The minimum atomic E-state index is -0.958. The lowest BCUT2D eigenvalue weighted by Crippen LogP contribution is -2.33. The molecular formula is C10H21NO3S. The van der Waals surface area contributed by atoms with Gasteiger partial charge in [0.2, 0.25) is 0 Å². The first kappa shape index (κ1) is 14.7. The van der Waals surface area contributed by atoms with Crippen LogP contribution in [-0.4, -0.2) is 39.8 Å². The van der Waals surface area contributed by atoms with Gasteiger partial charge in [-0.3, -0.25) is 4.79 Å². The Bertz CT molecular complexity index is 178. The van der Waals surface area contributed by atoms with Crippen molar-refractivity contribution in [3.8, 4) is 0 Å². The first-order valence-electron chi connectivity index (χ1n) is 5.32. The van der Waals surface area contributed by atoms with Gasteiger partial charge in [0.1, 0.15) is 6.04 Å². The fourth-order valence-corrected chi connectivity index (χ4v) is 2.43. The molecule has 0 saturated carbocycles. The molecule has 0 amide bonds. The summed E-state index contributed by atoms with van der Waals surface area (Å²) in [6, 6.07) is -0.794. The number of rotatable bonds is 9. The number of aliphatic carboxylic acids is 1. The smallest absolute Gasteiger partial charge is 0.321 e. The van der Waals surface area contributed by atoms with Crippen molar-refractivity contribution in [2.45, 2.75) is 43.9 Å². The summed E-state index contributed by atoms with van der Waals surface area (Å²) in [5.74, 6) is -0.537. The summed E-state index contributed by atoms with van der Waals surface area (Å²) in [6.45, 7) is 2.27. The average molecular weight is 235 g/mol. The maximum atomic E-state index is 10.5. The predicted molar refractivity (Wildman–Crippen MR) is 63.1 cm³/mol. The Balaban J connectivity index is 3.78. The number of aliphatic hydroxyl groups is 1. The molecule has 0 aromatic carbocycles. The van der Waals surface area contributed by atoms with Crippen molar-refractivity contribution >= 4 is 17.7 Å². The summed E-state index contributed by atoms with van der Waals surface area (Å²) in [7, 11) is 0. The second-order valence-corrected chi connectivity index (χ2v) is 4.89. The number of carboxylic acid groups (broad SMARTS) is 1. The van der Waals surface area contributed by atoms with E-state index in [-0.39, 0.29) is 6.61 Å². The Morgan fingerprint density at radius 3 is 2.60 bits per heavy atom. The fraction of sp³-hybridized carbons (Fsp3) is 0.900. The molecule has 15 heavy (non-hydrogen) atoms. The van der Waals surface area contributed by atoms with Crippen LogP contribution in [0.5, 0.6) is 0 Å². The number of hydrogen-bond donors (Lipinski definition) is 3. The SMILES string of the molecule is CCCCC(CCO)SC[C@H](N)C(=O)O. The Labute approximate surface area is 95.2 Å². The highest BCUT2D eigenvalue weighted by Crippen LogP contribution is 2.21. The molecule has 0 aromatic rings. The maximum absolute atomic E-state index is 10.5.